The number of unbranched alkanes of at least 4 members (excludes halogenated alkanes) is 1. The molecule has 0 unspecified atom stereocenters. The molecule has 1 aliphatic heterocycles. The average Bonchev–Trinajstić information content (AvgIpc) is 3.03. The first-order chi connectivity index (χ1) is 21.9. The van der Waals surface area contributed by atoms with Crippen LogP contribution in [0, 0.1) is 6.92 Å². The van der Waals surface area contributed by atoms with E-state index in [1.807, 2.05) is 26.0 Å². The molecule has 3 aromatic rings. The summed E-state index contributed by atoms with van der Waals surface area (Å²) in [6.45, 7) is 13.5. The second kappa shape index (κ2) is 15.7. The zero-order chi connectivity index (χ0) is 33.4. The van der Waals surface area contributed by atoms with Gasteiger partial charge < -0.3 is 18.6 Å². The Morgan fingerprint density at radius 2 is 1.63 bits per heavy atom. The van der Waals surface area contributed by atoms with Gasteiger partial charge in [-0.3, -0.25) is 0 Å². The van der Waals surface area contributed by atoms with E-state index in [9.17, 15) is 13.2 Å². The molecule has 0 N–H and O–H groups in total. The quantitative estimate of drug-likeness (QED) is 0.122. The van der Waals surface area contributed by atoms with E-state index in [2.05, 4.69) is 69.3 Å². The number of rotatable bonds is 14. The second-order valence-corrected chi connectivity index (χ2v) is 19.0. The van der Waals surface area contributed by atoms with E-state index < -0.39 is 30.5 Å². The molecule has 10 heteroatoms. The van der Waals surface area contributed by atoms with Crippen LogP contribution in [-0.4, -0.2) is 65.7 Å². The molecule has 1 heterocycles. The molecule has 0 aliphatic carbocycles. The minimum Gasteiger partial charge on any atom is -0.489 e. The Bertz CT molecular complexity index is 1490. The number of sulfonamides is 1. The van der Waals surface area contributed by atoms with Gasteiger partial charge in [0.05, 0.1) is 19.3 Å². The normalized spacial score (nSPS) is 17.0. The Labute approximate surface area is 276 Å². The van der Waals surface area contributed by atoms with E-state index in [0.29, 0.717) is 13.0 Å². The molecule has 0 radical (unpaired) electrons. The number of carbonyl (C=O) groups is 1. The zero-order valence-corrected chi connectivity index (χ0v) is 29.8. The van der Waals surface area contributed by atoms with Crippen molar-refractivity contribution in [2.75, 3.05) is 26.4 Å². The van der Waals surface area contributed by atoms with Gasteiger partial charge in [0, 0.05) is 13.2 Å². The molecule has 4 rings (SSSR count). The molecule has 0 saturated carbocycles. The molecule has 0 bridgehead atoms. The van der Waals surface area contributed by atoms with Crippen molar-refractivity contribution < 1.29 is 31.8 Å². The molecule has 8 nitrogen and oxygen atoms in total. The maximum absolute atomic E-state index is 13.9. The second-order valence-electron chi connectivity index (χ2n) is 12.8. The van der Waals surface area contributed by atoms with Gasteiger partial charge in [-0.15, -0.1) is 0 Å². The fourth-order valence-electron chi connectivity index (χ4n) is 6.10. The lowest BCUT2D eigenvalue weighted by molar-refractivity contribution is -0.169. The highest BCUT2D eigenvalue weighted by atomic mass is 32.2. The molecule has 46 heavy (non-hydrogen) atoms. The van der Waals surface area contributed by atoms with E-state index in [1.165, 1.54) is 10.4 Å². The fraction of sp³-hybridized carbons (Fsp3) is 0.472. The van der Waals surface area contributed by atoms with Gasteiger partial charge in [0.1, 0.15) is 10.6 Å². The summed E-state index contributed by atoms with van der Waals surface area (Å²) >= 11 is 0. The van der Waals surface area contributed by atoms with Gasteiger partial charge in [0.2, 0.25) is 16.3 Å². The molecule has 250 valence electrons. The van der Waals surface area contributed by atoms with E-state index in [-0.39, 0.29) is 41.5 Å². The summed E-state index contributed by atoms with van der Waals surface area (Å²) in [5.41, 5.74) is 0.872. The lowest BCUT2D eigenvalue weighted by atomic mass is 10.2. The smallest absolute Gasteiger partial charge is 0.351 e. The highest BCUT2D eigenvalue weighted by Crippen LogP contribution is 2.37. The predicted octanol–water partition coefficient (Wildman–Crippen LogP) is 5.81. The van der Waals surface area contributed by atoms with Crippen LogP contribution in [0.3, 0.4) is 0 Å². The summed E-state index contributed by atoms with van der Waals surface area (Å²) in [6, 6.07) is 26.2. The van der Waals surface area contributed by atoms with Gasteiger partial charge in [-0.05, 0) is 79.6 Å². The Hall–Kier alpha value is -3.02. The van der Waals surface area contributed by atoms with Gasteiger partial charge in [-0.2, -0.15) is 4.31 Å². The van der Waals surface area contributed by atoms with Crippen LogP contribution in [0.2, 0.25) is 5.04 Å². The summed E-state index contributed by atoms with van der Waals surface area (Å²) in [6.07, 6.45) is 1.31. The van der Waals surface area contributed by atoms with Gasteiger partial charge in [-0.1, -0.05) is 87.5 Å². The number of benzene rings is 3. The van der Waals surface area contributed by atoms with Crippen molar-refractivity contribution in [1.29, 1.82) is 0 Å². The van der Waals surface area contributed by atoms with Gasteiger partial charge in [0.25, 0.3) is 8.32 Å². The monoisotopic (exact) mass is 667 g/mol. The van der Waals surface area contributed by atoms with Gasteiger partial charge in [-0.25, -0.2) is 13.2 Å². The Balaban J connectivity index is 1.45. The maximum atomic E-state index is 13.9. The topological polar surface area (TPSA) is 91.4 Å². The number of carbonyl (C=O) groups excluding carboxylic acids is 1. The molecular weight excluding hydrogens is 619 g/mol. The summed E-state index contributed by atoms with van der Waals surface area (Å²) in [5, 5.41) is 2.41. The van der Waals surface area contributed by atoms with Crippen LogP contribution in [0.5, 0.6) is 5.75 Å². The molecular formula is C36H49NO7SSi. The molecule has 0 aromatic heterocycles. The van der Waals surface area contributed by atoms with Crippen LogP contribution >= 0.6 is 0 Å². The molecule has 1 saturated heterocycles. The van der Waals surface area contributed by atoms with E-state index in [0.717, 1.165) is 29.1 Å². The Kier molecular flexibility index (Phi) is 12.2. The van der Waals surface area contributed by atoms with Crippen molar-refractivity contribution in [2.24, 2.45) is 0 Å². The first-order valence-electron chi connectivity index (χ1n) is 16.2. The van der Waals surface area contributed by atoms with Crippen molar-refractivity contribution >= 4 is 34.7 Å². The van der Waals surface area contributed by atoms with Gasteiger partial charge >= 0.3 is 5.97 Å². The Morgan fingerprint density at radius 1 is 1.00 bits per heavy atom. The number of hydrogen-bond acceptors (Lipinski definition) is 7. The molecule has 2 atom stereocenters. The first-order valence-corrected chi connectivity index (χ1v) is 19.6. The minimum atomic E-state index is -4.11. The third-order valence-electron chi connectivity index (χ3n) is 8.30. The van der Waals surface area contributed by atoms with Gasteiger partial charge in [0.15, 0.2) is 0 Å². The number of nitrogens with zero attached hydrogens (tertiary/aromatic N) is 1. The van der Waals surface area contributed by atoms with Crippen molar-refractivity contribution in [3.8, 4) is 5.75 Å². The Morgan fingerprint density at radius 3 is 2.22 bits per heavy atom. The summed E-state index contributed by atoms with van der Waals surface area (Å²) in [7, 11) is -6.72. The van der Waals surface area contributed by atoms with E-state index >= 15 is 0 Å². The summed E-state index contributed by atoms with van der Waals surface area (Å²) in [4.78, 5) is 12.6. The van der Waals surface area contributed by atoms with Crippen LogP contribution in [0.15, 0.2) is 83.8 Å². The molecule has 1 aliphatic rings. The number of esters is 1. The van der Waals surface area contributed by atoms with E-state index in [1.54, 1.807) is 25.1 Å². The number of ether oxygens (including phenoxy) is 3. The predicted molar refractivity (Wildman–Crippen MR) is 184 cm³/mol. The van der Waals surface area contributed by atoms with Crippen molar-refractivity contribution in [1.82, 2.24) is 4.31 Å². The highest BCUT2D eigenvalue weighted by molar-refractivity contribution is 7.89. The van der Waals surface area contributed by atoms with Crippen LogP contribution in [0.4, 0.5) is 0 Å². The van der Waals surface area contributed by atoms with Crippen LogP contribution < -0.4 is 15.1 Å². The highest BCUT2D eigenvalue weighted by Gasteiger charge is 2.50. The summed E-state index contributed by atoms with van der Waals surface area (Å²) in [5.74, 6) is -0.446. The largest absolute Gasteiger partial charge is 0.489 e. The standard InChI is InChI=1S/C36H49NO7SSi/c1-7-41-35(38)34-37(24-16-25-42-34)45(39,40)33-23-22-28(2)27-32(33)44-29(3)17-14-15-26-43-46(36(4,5)6,30-18-10-8-11-19-30)31-20-12-9-13-21-31/h8-13,18-23,27,29,34H,7,14-17,24-26H2,1-6H3/t29-,34-/m1/s1. The molecule has 0 spiro atoms. The lowest BCUT2D eigenvalue weighted by Gasteiger charge is -2.43. The molecule has 0 amide bonds. The first kappa shape index (κ1) is 35.8. The average molecular weight is 668 g/mol. The number of hydrogen-bond donors (Lipinski definition) is 0. The van der Waals surface area contributed by atoms with Crippen LogP contribution in [0.25, 0.3) is 0 Å². The van der Waals surface area contributed by atoms with Crippen LogP contribution in [-0.2, 0) is 28.7 Å². The minimum absolute atomic E-state index is 0.0137. The third kappa shape index (κ3) is 8.09. The van der Waals surface area contributed by atoms with Crippen molar-refractivity contribution in [2.45, 2.75) is 89.5 Å². The fourth-order valence-corrected chi connectivity index (χ4v) is 12.3. The number of aryl methyl sites for hydroxylation is 1. The third-order valence-corrected chi connectivity index (χ3v) is 15.2. The SMILES string of the molecule is CCOC(=O)[C@H]1OCCCN1S(=O)(=O)c1ccc(C)cc1O[C@H](C)CCCCO[Si](c1ccccc1)(c1ccccc1)C(C)(C)C. The van der Waals surface area contributed by atoms with Crippen LogP contribution in [0.1, 0.15) is 65.9 Å². The molecule has 1 fully saturated rings. The van der Waals surface area contributed by atoms with Crippen molar-refractivity contribution in [3.63, 3.8) is 0 Å². The molecule has 3 aromatic carbocycles. The van der Waals surface area contributed by atoms with Crippen molar-refractivity contribution in [3.05, 3.63) is 84.4 Å². The summed E-state index contributed by atoms with van der Waals surface area (Å²) < 4.78 is 52.8. The van der Waals surface area contributed by atoms with E-state index in [4.69, 9.17) is 18.6 Å². The lowest BCUT2D eigenvalue weighted by Crippen LogP contribution is -2.66. The maximum Gasteiger partial charge on any atom is 0.351 e. The zero-order valence-electron chi connectivity index (χ0n) is 28.0.